The lowest BCUT2D eigenvalue weighted by Crippen LogP contribution is -1.99. The fourth-order valence-corrected chi connectivity index (χ4v) is 2.43. The van der Waals surface area contributed by atoms with Gasteiger partial charge in [-0.15, -0.1) is 4.91 Å². The quantitative estimate of drug-likeness (QED) is 0.620. The van der Waals surface area contributed by atoms with Gasteiger partial charge in [-0.2, -0.15) is 5.10 Å². The predicted molar refractivity (Wildman–Crippen MR) is 84.5 cm³/mol. The molecule has 6 heteroatoms. The molecule has 0 radical (unpaired) electrons. The normalized spacial score (nSPS) is 10.6. The second kappa shape index (κ2) is 5.68. The molecule has 0 amide bonds. The number of halogens is 2. The highest BCUT2D eigenvalue weighted by Gasteiger charge is 2.16. The molecule has 1 aromatic heterocycles. The van der Waals surface area contributed by atoms with Gasteiger partial charge in [0.05, 0.1) is 16.9 Å². The molecule has 4 nitrogen and oxygen atoms in total. The predicted octanol–water partition coefficient (Wildman–Crippen LogP) is 5.24. The van der Waals surface area contributed by atoms with Crippen molar-refractivity contribution in [3.05, 3.63) is 69.7 Å². The van der Waals surface area contributed by atoms with Crippen LogP contribution < -0.4 is 0 Å². The molecule has 0 bridgehead atoms. The molecule has 0 N–H and O–H groups in total. The highest BCUT2D eigenvalue weighted by molar-refractivity contribution is 6.32. The topological polar surface area (TPSA) is 47.2 Å². The number of aromatic nitrogens is 2. The Labute approximate surface area is 130 Å². The summed E-state index contributed by atoms with van der Waals surface area (Å²) in [6.45, 7) is 0. The SMILES string of the molecule is O=Nc1cnn(-c2ccccc2Cl)c1-c1ccc(Cl)cc1. The van der Waals surface area contributed by atoms with Gasteiger partial charge < -0.3 is 0 Å². The van der Waals surface area contributed by atoms with Crippen molar-refractivity contribution in [3.63, 3.8) is 0 Å². The molecule has 0 unspecified atom stereocenters. The van der Waals surface area contributed by atoms with E-state index in [2.05, 4.69) is 10.3 Å². The van der Waals surface area contributed by atoms with Gasteiger partial charge in [0, 0.05) is 10.6 Å². The van der Waals surface area contributed by atoms with E-state index < -0.39 is 0 Å². The van der Waals surface area contributed by atoms with Crippen molar-refractivity contribution in [3.8, 4) is 16.9 Å². The molecule has 21 heavy (non-hydrogen) atoms. The number of rotatable bonds is 3. The zero-order valence-corrected chi connectivity index (χ0v) is 12.2. The van der Waals surface area contributed by atoms with Gasteiger partial charge in [0.25, 0.3) is 0 Å². The van der Waals surface area contributed by atoms with E-state index in [0.717, 1.165) is 5.56 Å². The zero-order valence-electron chi connectivity index (χ0n) is 10.7. The van der Waals surface area contributed by atoms with Gasteiger partial charge >= 0.3 is 0 Å². The average Bonchev–Trinajstić information content (AvgIpc) is 2.92. The fourth-order valence-electron chi connectivity index (χ4n) is 2.09. The summed E-state index contributed by atoms with van der Waals surface area (Å²) < 4.78 is 1.60. The van der Waals surface area contributed by atoms with Crippen LogP contribution in [0.1, 0.15) is 0 Å². The van der Waals surface area contributed by atoms with Crippen LogP contribution in [0.25, 0.3) is 16.9 Å². The second-order valence-electron chi connectivity index (χ2n) is 4.34. The molecule has 0 fully saturated rings. The molecule has 0 saturated carbocycles. The first-order valence-corrected chi connectivity index (χ1v) is 6.88. The molecule has 0 atom stereocenters. The Morgan fingerprint density at radius 1 is 1.00 bits per heavy atom. The average molecular weight is 318 g/mol. The van der Waals surface area contributed by atoms with Crippen LogP contribution in [0, 0.1) is 4.91 Å². The molecule has 3 aromatic rings. The third-order valence-electron chi connectivity index (χ3n) is 3.05. The first kappa shape index (κ1) is 13.8. The van der Waals surface area contributed by atoms with Gasteiger partial charge in [0.15, 0.2) is 5.69 Å². The van der Waals surface area contributed by atoms with Gasteiger partial charge in [-0.1, -0.05) is 47.5 Å². The summed E-state index contributed by atoms with van der Waals surface area (Å²) in [6.07, 6.45) is 1.42. The van der Waals surface area contributed by atoms with Crippen molar-refractivity contribution >= 4 is 28.9 Å². The number of benzene rings is 2. The van der Waals surface area contributed by atoms with E-state index in [-0.39, 0.29) is 5.69 Å². The number of nitroso groups, excluding NO2 is 1. The van der Waals surface area contributed by atoms with E-state index in [1.807, 2.05) is 18.2 Å². The summed E-state index contributed by atoms with van der Waals surface area (Å²) in [5.41, 5.74) is 2.29. The second-order valence-corrected chi connectivity index (χ2v) is 5.18. The number of para-hydroxylation sites is 1. The third-order valence-corrected chi connectivity index (χ3v) is 3.62. The summed E-state index contributed by atoms with van der Waals surface area (Å²) in [7, 11) is 0. The largest absolute Gasteiger partial charge is 0.229 e. The van der Waals surface area contributed by atoms with Crippen molar-refractivity contribution in [2.24, 2.45) is 5.18 Å². The third kappa shape index (κ3) is 2.55. The first-order valence-electron chi connectivity index (χ1n) is 6.13. The van der Waals surface area contributed by atoms with Gasteiger partial charge in [-0.05, 0) is 29.4 Å². The van der Waals surface area contributed by atoms with Crippen LogP contribution in [-0.4, -0.2) is 9.78 Å². The Kier molecular flexibility index (Phi) is 3.73. The highest BCUT2D eigenvalue weighted by atomic mass is 35.5. The maximum atomic E-state index is 11.0. The number of hydrogen-bond donors (Lipinski definition) is 0. The lowest BCUT2D eigenvalue weighted by molar-refractivity contribution is 0.888. The molecular weight excluding hydrogens is 309 g/mol. The minimum Gasteiger partial charge on any atom is -0.229 e. The summed E-state index contributed by atoms with van der Waals surface area (Å²) in [6, 6.07) is 14.4. The summed E-state index contributed by atoms with van der Waals surface area (Å²) in [5.74, 6) is 0. The van der Waals surface area contributed by atoms with Crippen molar-refractivity contribution in [1.29, 1.82) is 0 Å². The molecule has 0 saturated heterocycles. The smallest absolute Gasteiger partial charge is 0.154 e. The van der Waals surface area contributed by atoms with E-state index in [1.54, 1.807) is 35.0 Å². The van der Waals surface area contributed by atoms with Crippen LogP contribution in [0.4, 0.5) is 5.69 Å². The monoisotopic (exact) mass is 317 g/mol. The Bertz CT molecular complexity index is 797. The maximum absolute atomic E-state index is 11.0. The van der Waals surface area contributed by atoms with Crippen LogP contribution in [0.5, 0.6) is 0 Å². The summed E-state index contributed by atoms with van der Waals surface area (Å²) in [5, 5.41) is 8.41. The zero-order chi connectivity index (χ0) is 14.8. The van der Waals surface area contributed by atoms with Gasteiger partial charge in [-0.3, -0.25) is 0 Å². The highest BCUT2D eigenvalue weighted by Crippen LogP contribution is 2.34. The molecule has 0 aliphatic heterocycles. The van der Waals surface area contributed by atoms with Crippen LogP contribution in [0.3, 0.4) is 0 Å². The molecule has 3 rings (SSSR count). The number of hydrogen-bond acceptors (Lipinski definition) is 3. The lowest BCUT2D eigenvalue weighted by Gasteiger charge is -2.09. The van der Waals surface area contributed by atoms with Crippen molar-refractivity contribution < 1.29 is 0 Å². The van der Waals surface area contributed by atoms with Crippen LogP contribution in [0.2, 0.25) is 10.0 Å². The minimum absolute atomic E-state index is 0.247. The van der Waals surface area contributed by atoms with Gasteiger partial charge in [0.2, 0.25) is 0 Å². The van der Waals surface area contributed by atoms with Crippen molar-refractivity contribution in [1.82, 2.24) is 9.78 Å². The molecule has 1 heterocycles. The maximum Gasteiger partial charge on any atom is 0.154 e. The fraction of sp³-hybridized carbons (Fsp3) is 0. The van der Waals surface area contributed by atoms with E-state index in [0.29, 0.717) is 21.4 Å². The van der Waals surface area contributed by atoms with Gasteiger partial charge in [0.1, 0.15) is 5.69 Å². The first-order chi connectivity index (χ1) is 10.2. The number of nitrogens with zero attached hydrogens (tertiary/aromatic N) is 3. The molecule has 104 valence electrons. The van der Waals surface area contributed by atoms with Crippen LogP contribution in [-0.2, 0) is 0 Å². The Morgan fingerprint density at radius 3 is 2.38 bits per heavy atom. The van der Waals surface area contributed by atoms with Crippen molar-refractivity contribution in [2.45, 2.75) is 0 Å². The Morgan fingerprint density at radius 2 is 1.71 bits per heavy atom. The lowest BCUT2D eigenvalue weighted by atomic mass is 10.1. The Hall–Kier alpha value is -2.17. The van der Waals surface area contributed by atoms with E-state index in [1.165, 1.54) is 6.20 Å². The molecule has 2 aromatic carbocycles. The van der Waals surface area contributed by atoms with Crippen LogP contribution >= 0.6 is 23.2 Å². The minimum atomic E-state index is 0.247. The van der Waals surface area contributed by atoms with E-state index in [4.69, 9.17) is 23.2 Å². The Balaban J connectivity index is 2.24. The summed E-state index contributed by atoms with van der Waals surface area (Å²) >= 11 is 12.1. The van der Waals surface area contributed by atoms with Gasteiger partial charge in [-0.25, -0.2) is 4.68 Å². The van der Waals surface area contributed by atoms with E-state index >= 15 is 0 Å². The van der Waals surface area contributed by atoms with Crippen LogP contribution in [0.15, 0.2) is 59.9 Å². The molecular formula is C15H9Cl2N3O. The standard InChI is InChI=1S/C15H9Cl2N3O/c16-11-7-5-10(6-8-11)15-13(19-21)9-18-20(15)14-4-2-1-3-12(14)17/h1-9H. The summed E-state index contributed by atoms with van der Waals surface area (Å²) in [4.78, 5) is 11.0. The van der Waals surface area contributed by atoms with E-state index in [9.17, 15) is 4.91 Å². The molecule has 0 spiro atoms. The van der Waals surface area contributed by atoms with Crippen molar-refractivity contribution in [2.75, 3.05) is 0 Å². The molecule has 0 aliphatic rings. The molecule has 0 aliphatic carbocycles.